The largest absolute Gasteiger partial charge is 0.377 e. The number of hydrogen-bond acceptors (Lipinski definition) is 1. The first-order valence-electron chi connectivity index (χ1n) is 4.12. The van der Waals surface area contributed by atoms with Crippen LogP contribution in [0.3, 0.4) is 0 Å². The van der Waals surface area contributed by atoms with Gasteiger partial charge in [-0.3, -0.25) is 0 Å². The minimum Gasteiger partial charge on any atom is -0.377 e. The van der Waals surface area contributed by atoms with Crippen LogP contribution in [0.25, 0.3) is 0 Å². The van der Waals surface area contributed by atoms with Crippen molar-refractivity contribution in [3.05, 3.63) is 12.2 Å². The van der Waals surface area contributed by atoms with Gasteiger partial charge in [-0.2, -0.15) is 0 Å². The number of allylic oxidation sites excluding steroid dienone is 1. The van der Waals surface area contributed by atoms with E-state index in [-0.39, 0.29) is 0 Å². The molecule has 0 saturated heterocycles. The van der Waals surface area contributed by atoms with Gasteiger partial charge in [0.05, 0.1) is 0 Å². The second-order valence-electron chi connectivity index (χ2n) is 2.54. The van der Waals surface area contributed by atoms with Crippen LogP contribution in [0.2, 0.25) is 0 Å². The fourth-order valence-electron chi connectivity index (χ4n) is 0.793. The Morgan fingerprint density at radius 1 is 1.55 bits per heavy atom. The summed E-state index contributed by atoms with van der Waals surface area (Å²) < 4.78 is 0. The van der Waals surface area contributed by atoms with E-state index in [0.717, 1.165) is 6.42 Å². The molecule has 0 heterocycles. The number of terminal acetylenes is 1. The summed E-state index contributed by atoms with van der Waals surface area (Å²) in [5.74, 6) is 2.22. The van der Waals surface area contributed by atoms with Crippen LogP contribution in [0.15, 0.2) is 12.2 Å². The quantitative estimate of drug-likeness (QED) is 0.363. The standard InChI is InChI=1S/C10H16O/c1-3-5-6-7-8-9-10(11)4-2/h2,8-11H,3,5-7H2,1H3/b9-8+. The minimum absolute atomic E-state index is 0.698. The molecule has 0 aromatic rings. The van der Waals surface area contributed by atoms with Gasteiger partial charge >= 0.3 is 0 Å². The zero-order valence-electron chi connectivity index (χ0n) is 7.09. The molecule has 0 aliphatic rings. The zero-order chi connectivity index (χ0) is 8.53. The molecule has 11 heavy (non-hydrogen) atoms. The van der Waals surface area contributed by atoms with Crippen molar-refractivity contribution in [1.82, 2.24) is 0 Å². The third-order valence-corrected chi connectivity index (χ3v) is 1.46. The molecular formula is C10H16O. The molecule has 0 aromatic heterocycles. The van der Waals surface area contributed by atoms with Crippen molar-refractivity contribution < 1.29 is 5.11 Å². The minimum atomic E-state index is -0.698. The Hall–Kier alpha value is -0.740. The van der Waals surface area contributed by atoms with Crippen molar-refractivity contribution in [2.24, 2.45) is 0 Å². The average molecular weight is 152 g/mol. The molecule has 0 saturated carbocycles. The molecule has 0 fully saturated rings. The van der Waals surface area contributed by atoms with Crippen LogP contribution in [-0.2, 0) is 0 Å². The highest BCUT2D eigenvalue weighted by atomic mass is 16.3. The van der Waals surface area contributed by atoms with E-state index >= 15 is 0 Å². The van der Waals surface area contributed by atoms with E-state index in [4.69, 9.17) is 11.5 Å². The van der Waals surface area contributed by atoms with Crippen molar-refractivity contribution in [2.45, 2.75) is 38.7 Å². The Morgan fingerprint density at radius 2 is 2.27 bits per heavy atom. The van der Waals surface area contributed by atoms with Gasteiger partial charge < -0.3 is 5.11 Å². The molecule has 1 N–H and O–H groups in total. The molecule has 0 aliphatic heterocycles. The first-order chi connectivity index (χ1) is 5.31. The highest BCUT2D eigenvalue weighted by Crippen LogP contribution is 1.99. The Bertz CT molecular complexity index is 141. The zero-order valence-corrected chi connectivity index (χ0v) is 7.09. The maximum Gasteiger partial charge on any atom is 0.133 e. The SMILES string of the molecule is C#CC(O)/C=C/CCCCC. The van der Waals surface area contributed by atoms with Gasteiger partial charge in [0, 0.05) is 0 Å². The van der Waals surface area contributed by atoms with E-state index in [9.17, 15) is 0 Å². The Balaban J connectivity index is 3.24. The molecule has 0 rings (SSSR count). The summed E-state index contributed by atoms with van der Waals surface area (Å²) in [5.41, 5.74) is 0. The lowest BCUT2D eigenvalue weighted by atomic mass is 10.2. The number of hydrogen-bond donors (Lipinski definition) is 1. The van der Waals surface area contributed by atoms with Gasteiger partial charge in [-0.05, 0) is 18.9 Å². The fourth-order valence-corrected chi connectivity index (χ4v) is 0.793. The summed E-state index contributed by atoms with van der Waals surface area (Å²) in [4.78, 5) is 0. The first kappa shape index (κ1) is 10.3. The van der Waals surface area contributed by atoms with Crippen LogP contribution in [0.4, 0.5) is 0 Å². The fraction of sp³-hybridized carbons (Fsp3) is 0.600. The Kier molecular flexibility index (Phi) is 6.87. The smallest absolute Gasteiger partial charge is 0.133 e. The molecule has 0 bridgehead atoms. The van der Waals surface area contributed by atoms with Crippen LogP contribution in [0, 0.1) is 12.3 Å². The van der Waals surface area contributed by atoms with Crippen LogP contribution < -0.4 is 0 Å². The number of unbranched alkanes of at least 4 members (excludes halogenated alkanes) is 3. The van der Waals surface area contributed by atoms with Gasteiger partial charge in [-0.15, -0.1) is 6.42 Å². The van der Waals surface area contributed by atoms with Gasteiger partial charge in [-0.1, -0.05) is 31.8 Å². The van der Waals surface area contributed by atoms with E-state index < -0.39 is 6.10 Å². The van der Waals surface area contributed by atoms with Crippen LogP contribution >= 0.6 is 0 Å². The molecular weight excluding hydrogens is 136 g/mol. The Morgan fingerprint density at radius 3 is 2.82 bits per heavy atom. The van der Waals surface area contributed by atoms with Crippen LogP contribution in [0.5, 0.6) is 0 Å². The van der Waals surface area contributed by atoms with Crippen molar-refractivity contribution in [1.29, 1.82) is 0 Å². The maximum atomic E-state index is 8.89. The summed E-state index contributed by atoms with van der Waals surface area (Å²) in [6.07, 6.45) is 12.6. The summed E-state index contributed by atoms with van der Waals surface area (Å²) in [6.45, 7) is 2.17. The summed E-state index contributed by atoms with van der Waals surface area (Å²) in [5, 5.41) is 8.89. The predicted molar refractivity (Wildman–Crippen MR) is 48.1 cm³/mol. The van der Waals surface area contributed by atoms with Gasteiger partial charge in [-0.25, -0.2) is 0 Å². The molecule has 1 atom stereocenters. The predicted octanol–water partition coefficient (Wildman–Crippen LogP) is 2.12. The number of rotatable bonds is 5. The molecule has 1 unspecified atom stereocenters. The van der Waals surface area contributed by atoms with Gasteiger partial charge in [0.15, 0.2) is 0 Å². The van der Waals surface area contributed by atoms with Crippen LogP contribution in [0.1, 0.15) is 32.6 Å². The summed E-state index contributed by atoms with van der Waals surface area (Å²) in [6, 6.07) is 0. The third kappa shape index (κ3) is 7.15. The molecule has 0 amide bonds. The number of aliphatic hydroxyl groups excluding tert-OH is 1. The second kappa shape index (κ2) is 7.37. The highest BCUT2D eigenvalue weighted by Gasteiger charge is 1.87. The lowest BCUT2D eigenvalue weighted by molar-refractivity contribution is 0.280. The molecule has 1 nitrogen and oxygen atoms in total. The lowest BCUT2D eigenvalue weighted by Crippen LogP contribution is -1.95. The molecule has 0 aliphatic carbocycles. The lowest BCUT2D eigenvalue weighted by Gasteiger charge is -1.93. The summed E-state index contributed by atoms with van der Waals surface area (Å²) in [7, 11) is 0. The summed E-state index contributed by atoms with van der Waals surface area (Å²) >= 11 is 0. The van der Waals surface area contributed by atoms with Crippen molar-refractivity contribution in [2.75, 3.05) is 0 Å². The van der Waals surface area contributed by atoms with Gasteiger partial charge in [0.1, 0.15) is 6.10 Å². The van der Waals surface area contributed by atoms with E-state index in [1.54, 1.807) is 6.08 Å². The molecule has 0 aromatic carbocycles. The van der Waals surface area contributed by atoms with E-state index in [1.807, 2.05) is 6.08 Å². The van der Waals surface area contributed by atoms with E-state index in [0.29, 0.717) is 0 Å². The average Bonchev–Trinajstić information content (AvgIpc) is 2.04. The van der Waals surface area contributed by atoms with Crippen molar-refractivity contribution in [3.8, 4) is 12.3 Å². The van der Waals surface area contributed by atoms with Crippen LogP contribution in [-0.4, -0.2) is 11.2 Å². The molecule has 1 heteroatoms. The van der Waals surface area contributed by atoms with Gasteiger partial charge in [0.25, 0.3) is 0 Å². The monoisotopic (exact) mass is 152 g/mol. The first-order valence-corrected chi connectivity index (χ1v) is 4.12. The maximum absolute atomic E-state index is 8.89. The van der Waals surface area contributed by atoms with E-state index in [1.165, 1.54) is 19.3 Å². The normalized spacial score (nSPS) is 13.2. The number of aliphatic hydroxyl groups is 1. The molecule has 0 radical (unpaired) electrons. The van der Waals surface area contributed by atoms with Crippen molar-refractivity contribution >= 4 is 0 Å². The second-order valence-corrected chi connectivity index (χ2v) is 2.54. The molecule has 62 valence electrons. The van der Waals surface area contributed by atoms with E-state index in [2.05, 4.69) is 12.8 Å². The topological polar surface area (TPSA) is 20.2 Å². The van der Waals surface area contributed by atoms with Crippen molar-refractivity contribution in [3.63, 3.8) is 0 Å². The highest BCUT2D eigenvalue weighted by molar-refractivity contribution is 5.05. The van der Waals surface area contributed by atoms with Gasteiger partial charge in [0.2, 0.25) is 0 Å². The third-order valence-electron chi connectivity index (χ3n) is 1.46. The Labute approximate surface area is 69.1 Å². The molecule has 0 spiro atoms.